The number of carbonyl (C=O) groups is 1. The normalized spacial score (nSPS) is 11.0. The Balaban J connectivity index is 2.27. The number of ether oxygens (including phenoxy) is 1. The van der Waals surface area contributed by atoms with Crippen molar-refractivity contribution < 1.29 is 14.6 Å². The quantitative estimate of drug-likeness (QED) is 0.538. The van der Waals surface area contributed by atoms with Crippen LogP contribution < -0.4 is 0 Å². The Morgan fingerprint density at radius 3 is 3.00 bits per heavy atom. The minimum absolute atomic E-state index is 0.220. The maximum atomic E-state index is 10.5. The lowest BCUT2D eigenvalue weighted by atomic mass is 10.2. The van der Waals surface area contributed by atoms with Gasteiger partial charge in [-0.25, -0.2) is 4.68 Å². The number of tetrazole rings is 1. The van der Waals surface area contributed by atoms with Crippen LogP contribution in [-0.4, -0.2) is 50.2 Å². The van der Waals surface area contributed by atoms with Crippen LogP contribution in [0.25, 0.3) is 0 Å². The zero-order chi connectivity index (χ0) is 12.7. The summed E-state index contributed by atoms with van der Waals surface area (Å²) in [6, 6.07) is 0. The highest BCUT2D eigenvalue weighted by Crippen LogP contribution is 2.12. The second-order valence-electron chi connectivity index (χ2n) is 3.83. The Labute approximate surface area is 104 Å². The van der Waals surface area contributed by atoms with E-state index in [1.54, 1.807) is 0 Å². The molecule has 0 aliphatic rings. The number of aliphatic carboxylic acids is 1. The summed E-state index contributed by atoms with van der Waals surface area (Å²) in [5, 5.41) is 19.9. The standard InChI is InChI=1S/C9H16N4O3S/c1-7(2)6-16-3-4-17-9-10-11-12-13(9)5-8(14)15/h7H,3-6H2,1-2H3,(H,14,15). The largest absolute Gasteiger partial charge is 0.480 e. The predicted octanol–water partition coefficient (Wildman–Crippen LogP) is 0.522. The molecule has 17 heavy (non-hydrogen) atoms. The zero-order valence-electron chi connectivity index (χ0n) is 9.87. The molecule has 1 N–H and O–H groups in total. The van der Waals surface area contributed by atoms with Crippen LogP contribution in [0.5, 0.6) is 0 Å². The molecule has 7 nitrogen and oxygen atoms in total. The topological polar surface area (TPSA) is 90.1 Å². The maximum absolute atomic E-state index is 10.5. The molecular formula is C9H16N4O3S. The van der Waals surface area contributed by atoms with E-state index in [2.05, 4.69) is 29.4 Å². The van der Waals surface area contributed by atoms with Gasteiger partial charge in [0.25, 0.3) is 0 Å². The molecule has 1 heterocycles. The number of carboxylic acids is 1. The molecule has 0 spiro atoms. The van der Waals surface area contributed by atoms with Gasteiger partial charge in [0, 0.05) is 12.4 Å². The lowest BCUT2D eigenvalue weighted by Gasteiger charge is -2.05. The molecule has 8 heteroatoms. The first kappa shape index (κ1) is 13.9. The van der Waals surface area contributed by atoms with E-state index in [0.717, 1.165) is 6.61 Å². The molecule has 0 atom stereocenters. The van der Waals surface area contributed by atoms with E-state index in [1.807, 2.05) is 0 Å². The van der Waals surface area contributed by atoms with E-state index in [9.17, 15) is 4.79 Å². The van der Waals surface area contributed by atoms with Crippen molar-refractivity contribution in [3.63, 3.8) is 0 Å². The summed E-state index contributed by atoms with van der Waals surface area (Å²) in [7, 11) is 0. The highest BCUT2D eigenvalue weighted by Gasteiger charge is 2.09. The SMILES string of the molecule is CC(C)COCCSc1nnnn1CC(=O)O. The third kappa shape index (κ3) is 5.64. The number of nitrogens with zero attached hydrogens (tertiary/aromatic N) is 4. The molecule has 1 aromatic rings. The first-order valence-corrected chi connectivity index (χ1v) is 6.26. The van der Waals surface area contributed by atoms with Gasteiger partial charge in [-0.3, -0.25) is 4.79 Å². The third-order valence-corrected chi connectivity index (χ3v) is 2.62. The summed E-state index contributed by atoms with van der Waals surface area (Å²) in [6.45, 7) is 5.27. The number of carboxylic acid groups (broad SMARTS) is 1. The highest BCUT2D eigenvalue weighted by atomic mass is 32.2. The lowest BCUT2D eigenvalue weighted by molar-refractivity contribution is -0.138. The first-order valence-electron chi connectivity index (χ1n) is 5.28. The Kier molecular flexibility index (Phi) is 5.92. The Morgan fingerprint density at radius 1 is 1.59 bits per heavy atom. The van der Waals surface area contributed by atoms with Crippen LogP contribution in [0.15, 0.2) is 5.16 Å². The van der Waals surface area contributed by atoms with E-state index in [4.69, 9.17) is 9.84 Å². The van der Waals surface area contributed by atoms with Gasteiger partial charge >= 0.3 is 5.97 Å². The van der Waals surface area contributed by atoms with Gasteiger partial charge in [0.1, 0.15) is 6.54 Å². The van der Waals surface area contributed by atoms with Crippen molar-refractivity contribution in [3.8, 4) is 0 Å². The van der Waals surface area contributed by atoms with E-state index >= 15 is 0 Å². The summed E-state index contributed by atoms with van der Waals surface area (Å²) in [6.07, 6.45) is 0. The van der Waals surface area contributed by atoms with Gasteiger partial charge in [-0.15, -0.1) is 5.10 Å². The molecule has 0 aliphatic heterocycles. The molecule has 0 radical (unpaired) electrons. The molecule has 0 saturated heterocycles. The smallest absolute Gasteiger partial charge is 0.325 e. The van der Waals surface area contributed by atoms with Gasteiger partial charge in [0.05, 0.1) is 6.61 Å². The first-order chi connectivity index (χ1) is 8.09. The fourth-order valence-corrected chi connectivity index (χ4v) is 1.77. The number of aromatic nitrogens is 4. The molecule has 0 amide bonds. The van der Waals surface area contributed by atoms with Gasteiger partial charge in [0.2, 0.25) is 5.16 Å². The van der Waals surface area contributed by atoms with Crippen LogP contribution in [0.4, 0.5) is 0 Å². The fraction of sp³-hybridized carbons (Fsp3) is 0.778. The summed E-state index contributed by atoms with van der Waals surface area (Å²) in [5.74, 6) is 0.250. The van der Waals surface area contributed by atoms with Crippen molar-refractivity contribution in [3.05, 3.63) is 0 Å². The summed E-state index contributed by atoms with van der Waals surface area (Å²) >= 11 is 1.39. The van der Waals surface area contributed by atoms with E-state index in [1.165, 1.54) is 16.4 Å². The lowest BCUT2D eigenvalue weighted by Crippen LogP contribution is -2.12. The Hall–Kier alpha value is -1.15. The Morgan fingerprint density at radius 2 is 2.35 bits per heavy atom. The molecule has 0 bridgehead atoms. The molecule has 0 aromatic carbocycles. The van der Waals surface area contributed by atoms with Crippen molar-refractivity contribution in [1.29, 1.82) is 0 Å². The van der Waals surface area contributed by atoms with Crippen LogP contribution in [0.3, 0.4) is 0 Å². The molecule has 96 valence electrons. The van der Waals surface area contributed by atoms with Crippen molar-refractivity contribution in [2.45, 2.75) is 25.5 Å². The van der Waals surface area contributed by atoms with Crippen molar-refractivity contribution >= 4 is 17.7 Å². The fourth-order valence-electron chi connectivity index (χ4n) is 1.04. The average Bonchev–Trinajstić information content (AvgIpc) is 2.64. The van der Waals surface area contributed by atoms with Crippen LogP contribution in [0.2, 0.25) is 0 Å². The number of hydrogen-bond donors (Lipinski definition) is 1. The summed E-state index contributed by atoms with van der Waals surface area (Å²) in [4.78, 5) is 10.5. The molecule has 1 aromatic heterocycles. The van der Waals surface area contributed by atoms with Gasteiger partial charge in [-0.1, -0.05) is 25.6 Å². The number of thioether (sulfide) groups is 1. The number of rotatable bonds is 8. The molecular weight excluding hydrogens is 244 g/mol. The maximum Gasteiger partial charge on any atom is 0.325 e. The van der Waals surface area contributed by atoms with Crippen molar-refractivity contribution in [1.82, 2.24) is 20.2 Å². The van der Waals surface area contributed by atoms with E-state index < -0.39 is 5.97 Å². The van der Waals surface area contributed by atoms with Gasteiger partial charge in [-0.05, 0) is 16.3 Å². The monoisotopic (exact) mass is 260 g/mol. The summed E-state index contributed by atoms with van der Waals surface area (Å²) in [5.41, 5.74) is 0. The van der Waals surface area contributed by atoms with Crippen LogP contribution in [-0.2, 0) is 16.1 Å². The second-order valence-corrected chi connectivity index (χ2v) is 4.89. The molecule has 0 unspecified atom stereocenters. The van der Waals surface area contributed by atoms with Crippen LogP contribution in [0, 0.1) is 5.92 Å². The van der Waals surface area contributed by atoms with Crippen LogP contribution >= 0.6 is 11.8 Å². The predicted molar refractivity (Wildman–Crippen MR) is 61.8 cm³/mol. The third-order valence-electron chi connectivity index (χ3n) is 1.69. The molecule has 0 aliphatic carbocycles. The molecule has 0 fully saturated rings. The summed E-state index contributed by atoms with van der Waals surface area (Å²) < 4.78 is 6.66. The minimum atomic E-state index is -0.963. The van der Waals surface area contributed by atoms with E-state index in [-0.39, 0.29) is 6.54 Å². The zero-order valence-corrected chi connectivity index (χ0v) is 10.7. The molecule has 1 rings (SSSR count). The number of hydrogen-bond acceptors (Lipinski definition) is 6. The average molecular weight is 260 g/mol. The van der Waals surface area contributed by atoms with E-state index in [0.29, 0.717) is 23.4 Å². The molecule has 0 saturated carbocycles. The second kappa shape index (κ2) is 7.23. The van der Waals surface area contributed by atoms with Crippen molar-refractivity contribution in [2.75, 3.05) is 19.0 Å². The highest BCUT2D eigenvalue weighted by molar-refractivity contribution is 7.99. The Bertz CT molecular complexity index is 356. The van der Waals surface area contributed by atoms with Gasteiger partial charge in [0.15, 0.2) is 0 Å². The van der Waals surface area contributed by atoms with Gasteiger partial charge in [-0.2, -0.15) is 0 Å². The van der Waals surface area contributed by atoms with Crippen LogP contribution in [0.1, 0.15) is 13.8 Å². The van der Waals surface area contributed by atoms with Crippen molar-refractivity contribution in [2.24, 2.45) is 5.92 Å². The van der Waals surface area contributed by atoms with Gasteiger partial charge < -0.3 is 9.84 Å². The minimum Gasteiger partial charge on any atom is -0.480 e.